The largest absolute Gasteiger partial charge is 0.388 e. The van der Waals surface area contributed by atoms with Gasteiger partial charge in [-0.15, -0.1) is 0 Å². The van der Waals surface area contributed by atoms with Gasteiger partial charge in [-0.2, -0.15) is 0 Å². The summed E-state index contributed by atoms with van der Waals surface area (Å²) in [6.45, 7) is 2.63. The molecule has 0 spiro atoms. The van der Waals surface area contributed by atoms with Crippen molar-refractivity contribution in [2.24, 2.45) is 5.92 Å². The molecular weight excluding hydrogens is 230 g/mol. The molecule has 1 amide bonds. The number of hydrogen-bond acceptors (Lipinski definition) is 3. The van der Waals surface area contributed by atoms with Gasteiger partial charge in [0.25, 0.3) is 0 Å². The molecule has 4 nitrogen and oxygen atoms in total. The molecule has 0 bridgehead atoms. The molecule has 3 rings (SSSR count). The summed E-state index contributed by atoms with van der Waals surface area (Å²) in [4.78, 5) is 11.3. The van der Waals surface area contributed by atoms with E-state index in [1.54, 1.807) is 0 Å². The minimum absolute atomic E-state index is 0.0226. The molecule has 2 N–H and O–H groups in total. The molecule has 2 heterocycles. The third-order valence-electron chi connectivity index (χ3n) is 3.77. The first-order chi connectivity index (χ1) is 8.63. The molecular formula is C14H17NO3. The molecule has 4 heteroatoms. The van der Waals surface area contributed by atoms with Crippen LogP contribution in [-0.4, -0.2) is 23.7 Å². The van der Waals surface area contributed by atoms with Crippen LogP contribution in [0.5, 0.6) is 0 Å². The zero-order valence-corrected chi connectivity index (χ0v) is 10.3. The quantitative estimate of drug-likeness (QED) is 0.835. The maximum absolute atomic E-state index is 11.3. The van der Waals surface area contributed by atoms with Crippen LogP contribution >= 0.6 is 0 Å². The van der Waals surface area contributed by atoms with Gasteiger partial charge in [-0.25, -0.2) is 0 Å². The van der Waals surface area contributed by atoms with Crippen LogP contribution in [0.1, 0.15) is 30.6 Å². The monoisotopic (exact) mass is 247 g/mol. The van der Waals surface area contributed by atoms with E-state index in [-0.39, 0.29) is 17.9 Å². The predicted octanol–water partition coefficient (Wildman–Crippen LogP) is 1.64. The Bertz CT molecular complexity index is 486. The number of aliphatic hydroxyl groups excluding tert-OH is 1. The second-order valence-electron chi connectivity index (χ2n) is 5.23. The van der Waals surface area contributed by atoms with Gasteiger partial charge in [0.15, 0.2) is 0 Å². The average molecular weight is 247 g/mol. The third-order valence-corrected chi connectivity index (χ3v) is 3.77. The summed E-state index contributed by atoms with van der Waals surface area (Å²) in [5.74, 6) is 0.178. The lowest BCUT2D eigenvalue weighted by Gasteiger charge is -2.17. The number of rotatable bonds is 2. The van der Waals surface area contributed by atoms with Gasteiger partial charge in [-0.05, 0) is 30.5 Å². The van der Waals surface area contributed by atoms with E-state index in [1.165, 1.54) is 0 Å². The maximum atomic E-state index is 11.3. The minimum atomic E-state index is -0.504. The number of fused-ring (bicyclic) bond motifs is 1. The van der Waals surface area contributed by atoms with Crippen molar-refractivity contribution in [3.8, 4) is 0 Å². The number of ether oxygens (including phenoxy) is 1. The van der Waals surface area contributed by atoms with Crippen LogP contribution in [0, 0.1) is 5.92 Å². The second kappa shape index (κ2) is 4.37. The van der Waals surface area contributed by atoms with Crippen molar-refractivity contribution in [2.75, 3.05) is 11.9 Å². The smallest absolute Gasteiger partial charge is 0.228 e. The fraction of sp³-hybridized carbons (Fsp3) is 0.500. The molecule has 1 fully saturated rings. The number of anilines is 1. The zero-order chi connectivity index (χ0) is 12.7. The highest BCUT2D eigenvalue weighted by molar-refractivity contribution is 5.99. The van der Waals surface area contributed by atoms with E-state index in [4.69, 9.17) is 4.74 Å². The van der Waals surface area contributed by atoms with Crippen molar-refractivity contribution in [1.29, 1.82) is 0 Å². The van der Waals surface area contributed by atoms with E-state index in [0.29, 0.717) is 13.0 Å². The molecule has 3 atom stereocenters. The molecule has 18 heavy (non-hydrogen) atoms. The maximum Gasteiger partial charge on any atom is 0.228 e. The van der Waals surface area contributed by atoms with Crippen LogP contribution < -0.4 is 5.32 Å². The molecule has 1 aromatic carbocycles. The first-order valence-corrected chi connectivity index (χ1v) is 6.36. The van der Waals surface area contributed by atoms with Crippen LogP contribution in [0.3, 0.4) is 0 Å². The van der Waals surface area contributed by atoms with E-state index < -0.39 is 6.10 Å². The summed E-state index contributed by atoms with van der Waals surface area (Å²) in [5, 5.41) is 13.1. The zero-order valence-electron chi connectivity index (χ0n) is 10.3. The lowest BCUT2D eigenvalue weighted by Crippen LogP contribution is -2.12. The molecule has 3 unspecified atom stereocenters. The molecule has 0 aromatic heterocycles. The number of benzene rings is 1. The van der Waals surface area contributed by atoms with Gasteiger partial charge in [0, 0.05) is 11.6 Å². The van der Waals surface area contributed by atoms with Crippen molar-refractivity contribution in [3.63, 3.8) is 0 Å². The number of amides is 1. The Kier molecular flexibility index (Phi) is 2.84. The van der Waals surface area contributed by atoms with Crippen molar-refractivity contribution in [3.05, 3.63) is 29.3 Å². The second-order valence-corrected chi connectivity index (χ2v) is 5.23. The lowest BCUT2D eigenvalue weighted by atomic mass is 9.92. The standard InChI is InChI=1S/C14H17NO3/c1-8-4-11(7-18-8)14(17)9-2-3-12-10(5-9)6-13(16)15-12/h2-3,5,8,11,14,17H,4,6-7H2,1H3,(H,15,16). The van der Waals surface area contributed by atoms with Crippen molar-refractivity contribution >= 4 is 11.6 Å². The van der Waals surface area contributed by atoms with E-state index in [9.17, 15) is 9.90 Å². The van der Waals surface area contributed by atoms with Crippen LogP contribution in [0.15, 0.2) is 18.2 Å². The Balaban J connectivity index is 1.81. The Labute approximate surface area is 106 Å². The lowest BCUT2D eigenvalue weighted by molar-refractivity contribution is -0.115. The van der Waals surface area contributed by atoms with Crippen molar-refractivity contribution in [1.82, 2.24) is 0 Å². The van der Waals surface area contributed by atoms with E-state index in [2.05, 4.69) is 5.32 Å². The van der Waals surface area contributed by atoms with E-state index in [1.807, 2.05) is 25.1 Å². The minimum Gasteiger partial charge on any atom is -0.388 e. The molecule has 1 saturated heterocycles. The van der Waals surface area contributed by atoms with E-state index >= 15 is 0 Å². The molecule has 0 aliphatic carbocycles. The summed E-state index contributed by atoms with van der Waals surface area (Å²) < 4.78 is 5.49. The fourth-order valence-electron chi connectivity index (χ4n) is 2.78. The number of carbonyl (C=O) groups is 1. The van der Waals surface area contributed by atoms with Crippen LogP contribution in [-0.2, 0) is 16.0 Å². The highest BCUT2D eigenvalue weighted by Gasteiger charge is 2.30. The highest BCUT2D eigenvalue weighted by atomic mass is 16.5. The van der Waals surface area contributed by atoms with Gasteiger partial charge in [0.1, 0.15) is 0 Å². The van der Waals surface area contributed by atoms with Gasteiger partial charge < -0.3 is 15.2 Å². The van der Waals surface area contributed by atoms with Crippen molar-refractivity contribution in [2.45, 2.75) is 32.0 Å². The fourth-order valence-corrected chi connectivity index (χ4v) is 2.78. The first-order valence-electron chi connectivity index (χ1n) is 6.36. The average Bonchev–Trinajstić information content (AvgIpc) is 2.92. The highest BCUT2D eigenvalue weighted by Crippen LogP contribution is 2.34. The van der Waals surface area contributed by atoms with E-state index in [0.717, 1.165) is 23.2 Å². The Morgan fingerprint density at radius 3 is 3.06 bits per heavy atom. The molecule has 1 aromatic rings. The first kappa shape index (κ1) is 11.7. The number of carbonyl (C=O) groups excluding carboxylic acids is 1. The Morgan fingerprint density at radius 2 is 2.33 bits per heavy atom. The van der Waals surface area contributed by atoms with Gasteiger partial charge in [0.2, 0.25) is 5.91 Å². The summed E-state index contributed by atoms with van der Waals surface area (Å²) in [7, 11) is 0. The number of hydrogen-bond donors (Lipinski definition) is 2. The van der Waals surface area contributed by atoms with Crippen LogP contribution in [0.25, 0.3) is 0 Å². The molecule has 2 aliphatic heterocycles. The topological polar surface area (TPSA) is 58.6 Å². The normalized spacial score (nSPS) is 28.0. The van der Waals surface area contributed by atoms with Gasteiger partial charge in [-0.1, -0.05) is 12.1 Å². The molecule has 0 radical (unpaired) electrons. The van der Waals surface area contributed by atoms with Gasteiger partial charge >= 0.3 is 0 Å². The van der Waals surface area contributed by atoms with Crippen molar-refractivity contribution < 1.29 is 14.6 Å². The Morgan fingerprint density at radius 1 is 1.50 bits per heavy atom. The van der Waals surface area contributed by atoms with Gasteiger partial charge in [0.05, 0.1) is 25.2 Å². The van der Waals surface area contributed by atoms with Crippen LogP contribution in [0.2, 0.25) is 0 Å². The SMILES string of the molecule is CC1CC(C(O)c2ccc3c(c2)CC(=O)N3)CO1. The predicted molar refractivity (Wildman–Crippen MR) is 67.3 cm³/mol. The number of aliphatic hydroxyl groups is 1. The molecule has 2 aliphatic rings. The summed E-state index contributed by atoms with van der Waals surface area (Å²) >= 11 is 0. The number of nitrogens with one attached hydrogen (secondary N) is 1. The molecule has 96 valence electrons. The third kappa shape index (κ3) is 2.02. The van der Waals surface area contributed by atoms with Gasteiger partial charge in [-0.3, -0.25) is 4.79 Å². The van der Waals surface area contributed by atoms with Crippen LogP contribution in [0.4, 0.5) is 5.69 Å². The summed E-state index contributed by atoms with van der Waals surface area (Å²) in [6.07, 6.45) is 1.02. The summed E-state index contributed by atoms with van der Waals surface area (Å²) in [5.41, 5.74) is 2.73. The summed E-state index contributed by atoms with van der Waals surface area (Å²) in [6, 6.07) is 5.69. The Hall–Kier alpha value is -1.39. The molecule has 0 saturated carbocycles.